The number of nitrogens with one attached hydrogen (secondary N) is 2. The number of methoxy groups -OCH3 is 1. The Morgan fingerprint density at radius 1 is 1.58 bits per heavy atom. The van der Waals surface area contributed by atoms with E-state index < -0.39 is 11.7 Å². The molecule has 1 amide bonds. The van der Waals surface area contributed by atoms with E-state index in [2.05, 4.69) is 20.5 Å². The number of aromatic amines is 1. The maximum atomic E-state index is 14.1. The number of carbonyl (C=O) groups is 1. The van der Waals surface area contributed by atoms with Crippen molar-refractivity contribution >= 4 is 17.5 Å². The molecule has 1 aliphatic rings. The summed E-state index contributed by atoms with van der Waals surface area (Å²) in [5.41, 5.74) is -0.201. The van der Waals surface area contributed by atoms with Gasteiger partial charge in [0.1, 0.15) is 24.0 Å². The monoisotopic (exact) mass is 354 g/mol. The second-order valence-corrected chi connectivity index (χ2v) is 5.79. The van der Waals surface area contributed by atoms with Crippen LogP contribution in [0, 0.1) is 11.7 Å². The summed E-state index contributed by atoms with van der Waals surface area (Å²) < 4.78 is 24.6. The van der Waals surface area contributed by atoms with E-state index in [9.17, 15) is 9.18 Å². The third kappa shape index (κ3) is 3.34. The minimum Gasteiger partial charge on any atom is -0.497 e. The lowest BCUT2D eigenvalue weighted by molar-refractivity contribution is 0.0798. The largest absolute Gasteiger partial charge is 0.497 e. The number of rotatable bonds is 5. The summed E-state index contributed by atoms with van der Waals surface area (Å²) in [6, 6.07) is 2.52. The quantitative estimate of drug-likeness (QED) is 0.858. The average molecular weight is 355 g/mol. The van der Waals surface area contributed by atoms with Gasteiger partial charge in [-0.1, -0.05) is 11.6 Å². The van der Waals surface area contributed by atoms with Gasteiger partial charge < -0.3 is 14.8 Å². The minimum absolute atomic E-state index is 0.00111. The highest BCUT2D eigenvalue weighted by atomic mass is 35.5. The molecule has 0 saturated carbocycles. The van der Waals surface area contributed by atoms with Gasteiger partial charge in [0.05, 0.1) is 17.7 Å². The number of amides is 1. The van der Waals surface area contributed by atoms with Crippen LogP contribution in [0.15, 0.2) is 18.5 Å². The van der Waals surface area contributed by atoms with Crippen molar-refractivity contribution in [2.75, 3.05) is 20.3 Å². The van der Waals surface area contributed by atoms with Gasteiger partial charge >= 0.3 is 0 Å². The molecule has 2 heterocycles. The normalized spacial score (nSPS) is 20.1. The zero-order chi connectivity index (χ0) is 17.1. The molecule has 0 aliphatic carbocycles. The molecule has 1 fully saturated rings. The zero-order valence-corrected chi connectivity index (χ0v) is 13.6. The first-order valence-electron chi connectivity index (χ1n) is 7.38. The molecule has 1 aliphatic heterocycles. The molecule has 1 aromatic heterocycles. The number of hydrogen-bond donors (Lipinski definition) is 2. The first kappa shape index (κ1) is 16.7. The fourth-order valence-corrected chi connectivity index (χ4v) is 2.98. The van der Waals surface area contributed by atoms with Gasteiger partial charge in [-0.25, -0.2) is 9.37 Å². The summed E-state index contributed by atoms with van der Waals surface area (Å²) in [6.07, 6.45) is 1.88. The molecule has 0 bridgehead atoms. The molecule has 9 heteroatoms. The fraction of sp³-hybridized carbons (Fsp3) is 0.400. The Hall–Kier alpha value is -2.19. The third-order valence-corrected chi connectivity index (χ3v) is 4.22. The molecule has 2 aromatic rings. The summed E-state index contributed by atoms with van der Waals surface area (Å²) >= 11 is 5.98. The summed E-state index contributed by atoms with van der Waals surface area (Å²) in [5, 5.41) is 9.27. The van der Waals surface area contributed by atoms with E-state index in [-0.39, 0.29) is 28.4 Å². The van der Waals surface area contributed by atoms with Crippen LogP contribution in [0.3, 0.4) is 0 Å². The molecule has 2 atom stereocenters. The number of aromatic nitrogens is 3. The Kier molecular flexibility index (Phi) is 4.96. The second-order valence-electron chi connectivity index (χ2n) is 5.39. The van der Waals surface area contributed by atoms with Crippen LogP contribution < -0.4 is 10.1 Å². The molecule has 1 saturated heterocycles. The number of ether oxygens (including phenoxy) is 2. The lowest BCUT2D eigenvalue weighted by Gasteiger charge is -2.17. The first-order valence-corrected chi connectivity index (χ1v) is 7.76. The van der Waals surface area contributed by atoms with Gasteiger partial charge in [0, 0.05) is 25.1 Å². The minimum atomic E-state index is -0.730. The van der Waals surface area contributed by atoms with Gasteiger partial charge in [-0.05, 0) is 12.5 Å². The van der Waals surface area contributed by atoms with E-state index in [0.717, 1.165) is 12.5 Å². The lowest BCUT2D eigenvalue weighted by Crippen LogP contribution is -2.31. The number of halogens is 2. The fourth-order valence-electron chi connectivity index (χ4n) is 2.69. The van der Waals surface area contributed by atoms with Crippen molar-refractivity contribution in [3.63, 3.8) is 0 Å². The number of carbonyl (C=O) groups excluding carboxylic acids is 1. The van der Waals surface area contributed by atoms with E-state index in [1.807, 2.05) is 0 Å². The molecule has 0 radical (unpaired) electrons. The van der Waals surface area contributed by atoms with Crippen LogP contribution in [-0.4, -0.2) is 41.3 Å². The molecule has 7 nitrogen and oxygen atoms in total. The number of benzene rings is 1. The van der Waals surface area contributed by atoms with Crippen LogP contribution in [0.1, 0.15) is 28.7 Å². The Labute approximate surface area is 142 Å². The Morgan fingerprint density at radius 3 is 3.08 bits per heavy atom. The highest BCUT2D eigenvalue weighted by Crippen LogP contribution is 2.32. The average Bonchev–Trinajstić information content (AvgIpc) is 3.22. The van der Waals surface area contributed by atoms with Crippen LogP contribution in [0.2, 0.25) is 5.02 Å². The number of nitrogens with zero attached hydrogens (tertiary/aromatic N) is 2. The first-order chi connectivity index (χ1) is 11.6. The van der Waals surface area contributed by atoms with Crippen molar-refractivity contribution in [2.45, 2.75) is 12.5 Å². The molecule has 2 N–H and O–H groups in total. The number of hydrogen-bond acceptors (Lipinski definition) is 5. The molecule has 0 spiro atoms. The van der Waals surface area contributed by atoms with Crippen molar-refractivity contribution in [3.05, 3.63) is 40.7 Å². The van der Waals surface area contributed by atoms with Gasteiger partial charge in [0.2, 0.25) is 0 Å². The van der Waals surface area contributed by atoms with Crippen molar-refractivity contribution in [3.8, 4) is 5.75 Å². The highest BCUT2D eigenvalue weighted by Gasteiger charge is 2.32. The van der Waals surface area contributed by atoms with Crippen LogP contribution in [0.4, 0.5) is 4.39 Å². The van der Waals surface area contributed by atoms with Crippen LogP contribution in [0.5, 0.6) is 5.75 Å². The van der Waals surface area contributed by atoms with E-state index in [0.29, 0.717) is 19.0 Å². The second kappa shape index (κ2) is 7.14. The van der Waals surface area contributed by atoms with Gasteiger partial charge in [0.15, 0.2) is 5.82 Å². The van der Waals surface area contributed by atoms with Crippen LogP contribution in [-0.2, 0) is 4.74 Å². The van der Waals surface area contributed by atoms with E-state index in [4.69, 9.17) is 21.1 Å². The summed E-state index contributed by atoms with van der Waals surface area (Å²) in [7, 11) is 1.40. The molecule has 3 rings (SSSR count). The maximum absolute atomic E-state index is 14.1. The lowest BCUT2D eigenvalue weighted by atomic mass is 10.0. The SMILES string of the molecule is COc1cc(F)c(C(=O)NC[C@@H]2CCO[C@@H]2c2ncn[nH]2)c(Cl)c1. The molecule has 0 unspecified atom stereocenters. The predicted molar refractivity (Wildman–Crippen MR) is 83.5 cm³/mol. The van der Waals surface area contributed by atoms with Gasteiger partial charge in [-0.2, -0.15) is 5.10 Å². The summed E-state index contributed by atoms with van der Waals surface area (Å²) in [4.78, 5) is 16.4. The standard InChI is InChI=1S/C15H16ClFN4O3/c1-23-9-4-10(16)12(11(17)5-9)15(22)18-6-8-2-3-24-13(8)14-19-7-20-21-14/h4-5,7-8,13H,2-3,6H2,1H3,(H,18,22)(H,19,20,21)/t8-,13-/m0/s1. The van der Waals surface area contributed by atoms with E-state index in [1.54, 1.807) is 0 Å². The Balaban J connectivity index is 1.67. The van der Waals surface area contributed by atoms with Crippen molar-refractivity contribution in [2.24, 2.45) is 5.92 Å². The van der Waals surface area contributed by atoms with Gasteiger partial charge in [-0.3, -0.25) is 9.89 Å². The molecule has 24 heavy (non-hydrogen) atoms. The smallest absolute Gasteiger partial charge is 0.255 e. The van der Waals surface area contributed by atoms with E-state index >= 15 is 0 Å². The van der Waals surface area contributed by atoms with Crippen molar-refractivity contribution < 1.29 is 18.7 Å². The number of H-pyrrole nitrogens is 1. The Bertz CT molecular complexity index is 703. The molecule has 128 valence electrons. The van der Waals surface area contributed by atoms with Gasteiger partial charge in [-0.15, -0.1) is 0 Å². The molecule has 1 aromatic carbocycles. The molecular formula is C15H16ClFN4O3. The summed E-state index contributed by atoms with van der Waals surface area (Å²) in [5.74, 6) is -0.430. The topological polar surface area (TPSA) is 89.1 Å². The summed E-state index contributed by atoms with van der Waals surface area (Å²) in [6.45, 7) is 0.871. The third-order valence-electron chi connectivity index (χ3n) is 3.92. The van der Waals surface area contributed by atoms with Crippen LogP contribution in [0.25, 0.3) is 0 Å². The van der Waals surface area contributed by atoms with Gasteiger partial charge in [0.25, 0.3) is 5.91 Å². The van der Waals surface area contributed by atoms with Crippen LogP contribution >= 0.6 is 11.6 Å². The van der Waals surface area contributed by atoms with E-state index in [1.165, 1.54) is 19.5 Å². The van der Waals surface area contributed by atoms with Crippen molar-refractivity contribution in [1.29, 1.82) is 0 Å². The maximum Gasteiger partial charge on any atom is 0.255 e. The zero-order valence-electron chi connectivity index (χ0n) is 12.9. The molecular weight excluding hydrogens is 339 g/mol. The van der Waals surface area contributed by atoms with Crippen molar-refractivity contribution in [1.82, 2.24) is 20.5 Å². The highest BCUT2D eigenvalue weighted by molar-refractivity contribution is 6.34. The Morgan fingerprint density at radius 2 is 2.42 bits per heavy atom. The predicted octanol–water partition coefficient (Wildman–Crippen LogP) is 2.11.